The number of aromatic carboxylic acids is 1. The zero-order chi connectivity index (χ0) is 13.1. The molecule has 0 bridgehead atoms. The molecule has 0 unspecified atom stereocenters. The van der Waals surface area contributed by atoms with E-state index in [1.807, 2.05) is 0 Å². The molecule has 1 amide bonds. The molecule has 0 radical (unpaired) electrons. The highest BCUT2D eigenvalue weighted by atomic mass is 16.4. The molecule has 0 aromatic carbocycles. The minimum absolute atomic E-state index is 0.00431. The first-order valence-corrected chi connectivity index (χ1v) is 5.58. The van der Waals surface area contributed by atoms with Crippen LogP contribution in [0.4, 0.5) is 11.5 Å². The summed E-state index contributed by atoms with van der Waals surface area (Å²) in [6.07, 6.45) is 2.10. The van der Waals surface area contributed by atoms with Gasteiger partial charge in [-0.1, -0.05) is 0 Å². The van der Waals surface area contributed by atoms with E-state index in [4.69, 9.17) is 10.8 Å². The summed E-state index contributed by atoms with van der Waals surface area (Å²) in [7, 11) is 0. The van der Waals surface area contributed by atoms with Gasteiger partial charge in [0, 0.05) is 13.1 Å². The highest BCUT2D eigenvalue weighted by Crippen LogP contribution is 2.18. The lowest BCUT2D eigenvalue weighted by molar-refractivity contribution is -0.119. The van der Waals surface area contributed by atoms with E-state index >= 15 is 0 Å². The standard InChI is InChI=1S/C11H14N4O3/c12-8-5-14-9(4-7(8)11(17)18)15-3-1-2-13-10(16)6-15/h4-5H,1-3,6,12H2,(H,13,16)(H,17,18). The number of hydrogen-bond acceptors (Lipinski definition) is 5. The zero-order valence-corrected chi connectivity index (χ0v) is 9.72. The third-order valence-electron chi connectivity index (χ3n) is 2.74. The van der Waals surface area contributed by atoms with E-state index in [0.717, 1.165) is 6.42 Å². The number of anilines is 2. The van der Waals surface area contributed by atoms with Crippen molar-refractivity contribution < 1.29 is 14.7 Å². The number of nitrogens with one attached hydrogen (secondary N) is 1. The van der Waals surface area contributed by atoms with Crippen molar-refractivity contribution >= 4 is 23.4 Å². The molecule has 2 heterocycles. The second-order valence-electron chi connectivity index (χ2n) is 4.06. The zero-order valence-electron chi connectivity index (χ0n) is 9.72. The second-order valence-corrected chi connectivity index (χ2v) is 4.06. The van der Waals surface area contributed by atoms with Gasteiger partial charge >= 0.3 is 5.97 Å². The largest absolute Gasteiger partial charge is 0.478 e. The maximum Gasteiger partial charge on any atom is 0.337 e. The van der Waals surface area contributed by atoms with Crippen LogP contribution < -0.4 is 16.0 Å². The average molecular weight is 250 g/mol. The molecule has 1 aromatic heterocycles. The van der Waals surface area contributed by atoms with Gasteiger partial charge in [-0.2, -0.15) is 0 Å². The first kappa shape index (κ1) is 12.2. The van der Waals surface area contributed by atoms with Crippen molar-refractivity contribution in [3.63, 3.8) is 0 Å². The molecule has 1 aromatic rings. The fourth-order valence-corrected chi connectivity index (χ4v) is 1.81. The summed E-state index contributed by atoms with van der Waals surface area (Å²) in [5, 5.41) is 11.7. The molecule has 1 aliphatic rings. The van der Waals surface area contributed by atoms with Crippen molar-refractivity contribution in [2.75, 3.05) is 30.3 Å². The van der Waals surface area contributed by atoms with Crippen molar-refractivity contribution in [2.24, 2.45) is 0 Å². The van der Waals surface area contributed by atoms with Crippen LogP contribution in [0.15, 0.2) is 12.3 Å². The van der Waals surface area contributed by atoms with E-state index in [-0.39, 0.29) is 23.7 Å². The van der Waals surface area contributed by atoms with Crippen LogP contribution >= 0.6 is 0 Å². The fraction of sp³-hybridized carbons (Fsp3) is 0.364. The Labute approximate surface area is 104 Å². The SMILES string of the molecule is Nc1cnc(N2CCCNC(=O)C2)cc1C(=O)O. The fourth-order valence-electron chi connectivity index (χ4n) is 1.81. The molecule has 2 rings (SSSR count). The molecule has 1 fully saturated rings. The van der Waals surface area contributed by atoms with Crippen LogP contribution in [-0.2, 0) is 4.79 Å². The molecule has 4 N–H and O–H groups in total. The van der Waals surface area contributed by atoms with Crippen LogP contribution in [-0.4, -0.2) is 41.6 Å². The number of amides is 1. The molecule has 0 spiro atoms. The highest BCUT2D eigenvalue weighted by molar-refractivity contribution is 5.94. The summed E-state index contributed by atoms with van der Waals surface area (Å²) >= 11 is 0. The molecule has 7 nitrogen and oxygen atoms in total. The van der Waals surface area contributed by atoms with Crippen LogP contribution in [0.1, 0.15) is 16.8 Å². The lowest BCUT2D eigenvalue weighted by Crippen LogP contribution is -2.33. The van der Waals surface area contributed by atoms with E-state index in [1.165, 1.54) is 12.3 Å². The van der Waals surface area contributed by atoms with E-state index in [0.29, 0.717) is 18.9 Å². The maximum absolute atomic E-state index is 11.4. The number of nitrogens with two attached hydrogens (primary N) is 1. The average Bonchev–Trinajstić information content (AvgIpc) is 2.54. The van der Waals surface area contributed by atoms with E-state index < -0.39 is 5.97 Å². The first-order valence-electron chi connectivity index (χ1n) is 5.58. The van der Waals surface area contributed by atoms with Crippen LogP contribution in [0.5, 0.6) is 0 Å². The molecule has 1 saturated heterocycles. The summed E-state index contributed by atoms with van der Waals surface area (Å²) in [5.41, 5.74) is 5.66. The molecule has 0 saturated carbocycles. The lowest BCUT2D eigenvalue weighted by atomic mass is 10.2. The molecule has 0 atom stereocenters. The molecular weight excluding hydrogens is 236 g/mol. The highest BCUT2D eigenvalue weighted by Gasteiger charge is 2.18. The van der Waals surface area contributed by atoms with Crippen LogP contribution in [0.25, 0.3) is 0 Å². The van der Waals surface area contributed by atoms with Crippen LogP contribution in [0, 0.1) is 0 Å². The number of carboxylic acids is 1. The Bertz CT molecular complexity index is 489. The van der Waals surface area contributed by atoms with Gasteiger partial charge < -0.3 is 21.1 Å². The number of carbonyl (C=O) groups excluding carboxylic acids is 1. The number of rotatable bonds is 2. The predicted octanol–water partition coefficient (Wildman–Crippen LogP) is -0.312. The van der Waals surface area contributed by atoms with Crippen LogP contribution in [0.2, 0.25) is 0 Å². The van der Waals surface area contributed by atoms with Crippen molar-refractivity contribution in [1.29, 1.82) is 0 Å². The van der Waals surface area contributed by atoms with Gasteiger partial charge in [0.2, 0.25) is 5.91 Å². The Morgan fingerprint density at radius 1 is 1.56 bits per heavy atom. The molecule has 7 heteroatoms. The summed E-state index contributed by atoms with van der Waals surface area (Å²) in [6.45, 7) is 1.45. The minimum atomic E-state index is -1.10. The van der Waals surface area contributed by atoms with Gasteiger partial charge in [0.05, 0.1) is 24.0 Å². The number of carbonyl (C=O) groups is 2. The minimum Gasteiger partial charge on any atom is -0.478 e. The number of nitrogens with zero attached hydrogens (tertiary/aromatic N) is 2. The summed E-state index contributed by atoms with van der Waals surface area (Å²) in [5.74, 6) is -0.739. The second kappa shape index (κ2) is 4.91. The number of nitrogen functional groups attached to an aromatic ring is 1. The third-order valence-corrected chi connectivity index (χ3v) is 2.74. The summed E-state index contributed by atoms with van der Waals surface area (Å²) in [4.78, 5) is 28.2. The number of carboxylic acid groups (broad SMARTS) is 1. The molecular formula is C11H14N4O3. The van der Waals surface area contributed by atoms with Gasteiger partial charge in [-0.25, -0.2) is 9.78 Å². The summed E-state index contributed by atoms with van der Waals surface area (Å²) < 4.78 is 0. The topological polar surface area (TPSA) is 109 Å². The molecule has 0 aliphatic carbocycles. The quantitative estimate of drug-likeness (QED) is 0.664. The van der Waals surface area contributed by atoms with E-state index in [2.05, 4.69) is 10.3 Å². The Morgan fingerprint density at radius 3 is 3.06 bits per heavy atom. The van der Waals surface area contributed by atoms with Crippen molar-refractivity contribution in [3.8, 4) is 0 Å². The van der Waals surface area contributed by atoms with Gasteiger partial charge in [0.1, 0.15) is 5.82 Å². The van der Waals surface area contributed by atoms with E-state index in [1.54, 1.807) is 4.90 Å². The van der Waals surface area contributed by atoms with Gasteiger partial charge in [-0.3, -0.25) is 4.79 Å². The molecule has 18 heavy (non-hydrogen) atoms. The van der Waals surface area contributed by atoms with E-state index in [9.17, 15) is 9.59 Å². The number of aromatic nitrogens is 1. The normalized spacial score (nSPS) is 16.0. The Balaban J connectivity index is 2.29. The Morgan fingerprint density at radius 2 is 2.33 bits per heavy atom. The van der Waals surface area contributed by atoms with Gasteiger partial charge in [-0.05, 0) is 12.5 Å². The first-order chi connectivity index (χ1) is 8.58. The van der Waals surface area contributed by atoms with Crippen molar-refractivity contribution in [2.45, 2.75) is 6.42 Å². The number of pyridine rings is 1. The molecule has 1 aliphatic heterocycles. The smallest absolute Gasteiger partial charge is 0.337 e. The van der Waals surface area contributed by atoms with Gasteiger partial charge in [0.15, 0.2) is 0 Å². The molecule has 96 valence electrons. The predicted molar refractivity (Wildman–Crippen MR) is 65.4 cm³/mol. The van der Waals surface area contributed by atoms with Crippen molar-refractivity contribution in [1.82, 2.24) is 10.3 Å². The Hall–Kier alpha value is -2.31. The van der Waals surface area contributed by atoms with Gasteiger partial charge in [0.25, 0.3) is 0 Å². The maximum atomic E-state index is 11.4. The monoisotopic (exact) mass is 250 g/mol. The third kappa shape index (κ3) is 2.50. The number of hydrogen-bond donors (Lipinski definition) is 3. The lowest BCUT2D eigenvalue weighted by Gasteiger charge is -2.20. The van der Waals surface area contributed by atoms with Crippen molar-refractivity contribution in [3.05, 3.63) is 17.8 Å². The Kier molecular flexibility index (Phi) is 3.31. The van der Waals surface area contributed by atoms with Crippen LogP contribution in [0.3, 0.4) is 0 Å². The summed E-state index contributed by atoms with van der Waals surface area (Å²) in [6, 6.07) is 1.40. The van der Waals surface area contributed by atoms with Gasteiger partial charge in [-0.15, -0.1) is 0 Å².